The number of benzene rings is 1. The zero-order valence-electron chi connectivity index (χ0n) is 25.1. The van der Waals surface area contributed by atoms with E-state index in [-0.39, 0.29) is 22.2 Å². The summed E-state index contributed by atoms with van der Waals surface area (Å²) in [5, 5.41) is 13.5. The number of rotatable bonds is 9. The van der Waals surface area contributed by atoms with Gasteiger partial charge < -0.3 is 9.88 Å². The van der Waals surface area contributed by atoms with Gasteiger partial charge in [-0.15, -0.1) is 0 Å². The van der Waals surface area contributed by atoms with E-state index in [1.54, 1.807) is 0 Å². The second-order valence-corrected chi connectivity index (χ2v) is 12.3. The standard InChI is InChI=1S/C29H24BrF7N8O3/c1-28(2,13-44-20(8-22(41-44)29(35,36)37)15-7-19(32)25(47)42(3)12-15)40-24(46)21(6-14-9-38-43(11-14)27(33)34)45-26(48)23-16(10-39-45)17(30)4-5-18(23)31/h4-5,7-12,21,27H,6,13H2,1-3H3,(H,40,46)/t21-/m1/s1. The number of nitrogens with zero attached hydrogens (tertiary/aromatic N) is 7. The molecular weight excluding hydrogens is 721 g/mol. The largest absolute Gasteiger partial charge is 0.435 e. The smallest absolute Gasteiger partial charge is 0.347 e. The van der Waals surface area contributed by atoms with Crippen molar-refractivity contribution in [2.75, 3.05) is 0 Å². The van der Waals surface area contributed by atoms with E-state index in [2.05, 4.69) is 36.5 Å². The van der Waals surface area contributed by atoms with Crippen molar-refractivity contribution in [2.45, 2.75) is 51.1 Å². The van der Waals surface area contributed by atoms with Crippen LogP contribution in [0.2, 0.25) is 0 Å². The Hall–Kier alpha value is -4.81. The minimum atomic E-state index is -4.91. The number of halogens is 8. The first kappa shape index (κ1) is 34.5. The van der Waals surface area contributed by atoms with Gasteiger partial charge in [0, 0.05) is 41.3 Å². The highest BCUT2D eigenvalue weighted by molar-refractivity contribution is 9.10. The van der Waals surface area contributed by atoms with Crippen molar-refractivity contribution in [1.82, 2.24) is 39.2 Å². The number of carbonyl (C=O) groups excluding carboxylic acids is 1. The van der Waals surface area contributed by atoms with Crippen LogP contribution in [0.5, 0.6) is 0 Å². The van der Waals surface area contributed by atoms with Crippen LogP contribution in [0, 0.1) is 11.6 Å². The number of alkyl halides is 5. The Bertz CT molecular complexity index is 2130. The highest BCUT2D eigenvalue weighted by Gasteiger charge is 2.37. The maximum Gasteiger partial charge on any atom is 0.435 e. The normalized spacial score (nSPS) is 13.0. The number of hydrogen-bond donors (Lipinski definition) is 1. The van der Waals surface area contributed by atoms with Crippen molar-refractivity contribution in [1.29, 1.82) is 0 Å². The molecule has 0 radical (unpaired) electrons. The van der Waals surface area contributed by atoms with Gasteiger partial charge in [0.25, 0.3) is 11.1 Å². The van der Waals surface area contributed by atoms with E-state index in [0.29, 0.717) is 19.9 Å². The summed E-state index contributed by atoms with van der Waals surface area (Å²) >= 11 is 3.21. The average Bonchev–Trinajstić information content (AvgIpc) is 3.64. The molecule has 4 aromatic heterocycles. The Kier molecular flexibility index (Phi) is 9.11. The molecule has 0 saturated carbocycles. The van der Waals surface area contributed by atoms with Crippen LogP contribution in [0.25, 0.3) is 22.0 Å². The molecule has 11 nitrogen and oxygen atoms in total. The van der Waals surface area contributed by atoms with Crippen molar-refractivity contribution in [2.24, 2.45) is 7.05 Å². The molecule has 0 fully saturated rings. The Morgan fingerprint density at radius 3 is 2.33 bits per heavy atom. The topological polar surface area (TPSA) is 122 Å². The summed E-state index contributed by atoms with van der Waals surface area (Å²) in [6.45, 7) is -0.621. The van der Waals surface area contributed by atoms with Crippen LogP contribution >= 0.6 is 15.9 Å². The van der Waals surface area contributed by atoms with Crippen LogP contribution in [0.1, 0.15) is 37.7 Å². The van der Waals surface area contributed by atoms with E-state index in [1.807, 2.05) is 0 Å². The van der Waals surface area contributed by atoms with E-state index in [1.165, 1.54) is 27.0 Å². The van der Waals surface area contributed by atoms with Gasteiger partial charge in [0.1, 0.15) is 11.9 Å². The van der Waals surface area contributed by atoms with Crippen LogP contribution in [-0.2, 0) is 31.0 Å². The van der Waals surface area contributed by atoms with Gasteiger partial charge in [0.05, 0.1) is 35.6 Å². The Labute approximate surface area is 273 Å². The molecule has 0 aliphatic rings. The monoisotopic (exact) mass is 744 g/mol. The lowest BCUT2D eigenvalue weighted by Crippen LogP contribution is -2.51. The number of nitrogens with one attached hydrogen (secondary N) is 1. The molecule has 19 heteroatoms. The number of pyridine rings is 1. The molecule has 0 aliphatic heterocycles. The minimum absolute atomic E-state index is 0.0812. The number of amides is 1. The van der Waals surface area contributed by atoms with Gasteiger partial charge in [0.2, 0.25) is 5.91 Å². The van der Waals surface area contributed by atoms with Gasteiger partial charge in [-0.1, -0.05) is 15.9 Å². The summed E-state index contributed by atoms with van der Waals surface area (Å²) in [6.07, 6.45) is -1.09. The molecule has 254 valence electrons. The van der Waals surface area contributed by atoms with Crippen LogP contribution in [0.4, 0.5) is 30.7 Å². The van der Waals surface area contributed by atoms with Gasteiger partial charge >= 0.3 is 12.7 Å². The SMILES string of the molecule is Cn1cc(-c2cc(C(F)(F)F)nn2CC(C)(C)NC(=O)[C@@H](Cc2cnn(C(F)F)c2)n2ncc3c(Br)ccc(F)c3c2=O)cc(F)c1=O. The average molecular weight is 745 g/mol. The van der Waals surface area contributed by atoms with E-state index in [9.17, 15) is 45.1 Å². The molecule has 0 saturated heterocycles. The van der Waals surface area contributed by atoms with Gasteiger partial charge in [-0.3, -0.25) is 19.1 Å². The van der Waals surface area contributed by atoms with Crippen molar-refractivity contribution < 1.29 is 35.5 Å². The van der Waals surface area contributed by atoms with Gasteiger partial charge in [-0.25, -0.2) is 18.1 Å². The lowest BCUT2D eigenvalue weighted by molar-refractivity contribution is -0.141. The first-order chi connectivity index (χ1) is 22.4. The Morgan fingerprint density at radius 1 is 1.00 bits per heavy atom. The number of hydrogen-bond acceptors (Lipinski definition) is 6. The molecule has 0 unspecified atom stereocenters. The second-order valence-electron chi connectivity index (χ2n) is 11.5. The highest BCUT2D eigenvalue weighted by atomic mass is 79.9. The lowest BCUT2D eigenvalue weighted by Gasteiger charge is -2.29. The molecule has 0 spiro atoms. The fourth-order valence-electron chi connectivity index (χ4n) is 5.07. The maximum absolute atomic E-state index is 14.8. The fraction of sp³-hybridized carbons (Fsp3) is 0.310. The van der Waals surface area contributed by atoms with E-state index in [4.69, 9.17) is 0 Å². The van der Waals surface area contributed by atoms with Gasteiger partial charge in [0.15, 0.2) is 11.5 Å². The third-order valence-corrected chi connectivity index (χ3v) is 7.96. The van der Waals surface area contributed by atoms with Crippen LogP contribution < -0.4 is 16.4 Å². The molecule has 0 aliphatic carbocycles. The predicted molar refractivity (Wildman–Crippen MR) is 160 cm³/mol. The number of carbonyl (C=O) groups is 1. The van der Waals surface area contributed by atoms with E-state index < -0.39 is 77.0 Å². The zero-order chi connectivity index (χ0) is 35.3. The molecule has 48 heavy (non-hydrogen) atoms. The Morgan fingerprint density at radius 2 is 1.71 bits per heavy atom. The van der Waals surface area contributed by atoms with E-state index >= 15 is 0 Å². The molecule has 1 atom stereocenters. The van der Waals surface area contributed by atoms with Gasteiger partial charge in [-0.05, 0) is 43.7 Å². The highest BCUT2D eigenvalue weighted by Crippen LogP contribution is 2.32. The first-order valence-corrected chi connectivity index (χ1v) is 14.7. The molecular formula is C29H24BrF7N8O3. The zero-order valence-corrected chi connectivity index (χ0v) is 26.7. The number of aromatic nitrogens is 7. The van der Waals surface area contributed by atoms with Crippen LogP contribution in [-0.4, -0.2) is 45.4 Å². The molecule has 4 heterocycles. The summed E-state index contributed by atoms with van der Waals surface area (Å²) in [5.41, 5.74) is -5.09. The summed E-state index contributed by atoms with van der Waals surface area (Å²) in [7, 11) is 1.21. The molecule has 5 rings (SSSR count). The molecule has 1 amide bonds. The summed E-state index contributed by atoms with van der Waals surface area (Å²) in [5.74, 6) is -3.08. The quantitative estimate of drug-likeness (QED) is 0.213. The minimum Gasteiger partial charge on any atom is -0.347 e. The van der Waals surface area contributed by atoms with Crippen molar-refractivity contribution in [3.8, 4) is 11.3 Å². The molecule has 5 aromatic rings. The molecule has 1 aromatic carbocycles. The third kappa shape index (κ3) is 6.90. The van der Waals surface area contributed by atoms with Crippen molar-refractivity contribution in [3.63, 3.8) is 0 Å². The van der Waals surface area contributed by atoms with Crippen molar-refractivity contribution >= 4 is 32.6 Å². The first-order valence-electron chi connectivity index (χ1n) is 13.9. The molecule has 1 N–H and O–H groups in total. The summed E-state index contributed by atoms with van der Waals surface area (Å²) < 4.78 is 99.8. The number of aryl methyl sites for hydroxylation is 1. The summed E-state index contributed by atoms with van der Waals surface area (Å²) in [4.78, 5) is 39.3. The predicted octanol–water partition coefficient (Wildman–Crippen LogP) is 4.99. The summed E-state index contributed by atoms with van der Waals surface area (Å²) in [6, 6.07) is 2.20. The van der Waals surface area contributed by atoms with Crippen LogP contribution in [0.3, 0.4) is 0 Å². The Balaban J connectivity index is 1.54. The maximum atomic E-state index is 14.8. The molecule has 0 bridgehead atoms. The lowest BCUT2D eigenvalue weighted by atomic mass is 10.0. The van der Waals surface area contributed by atoms with Crippen molar-refractivity contribution in [3.05, 3.63) is 97.1 Å². The third-order valence-electron chi connectivity index (χ3n) is 7.27. The van der Waals surface area contributed by atoms with E-state index in [0.717, 1.165) is 46.2 Å². The van der Waals surface area contributed by atoms with Crippen LogP contribution in [0.15, 0.2) is 63.1 Å². The number of fused-ring (bicyclic) bond motifs is 1. The van der Waals surface area contributed by atoms with Gasteiger partial charge in [-0.2, -0.15) is 37.2 Å². The second kappa shape index (κ2) is 12.7. The fourth-order valence-corrected chi connectivity index (χ4v) is 5.51.